The van der Waals surface area contributed by atoms with Crippen LogP contribution < -0.4 is 11.1 Å². The maximum absolute atomic E-state index is 12.4. The maximum atomic E-state index is 12.4. The lowest BCUT2D eigenvalue weighted by atomic mass is 10.2. The molecule has 0 N–H and O–H groups in total. The van der Waals surface area contributed by atoms with Gasteiger partial charge in [-0.1, -0.05) is 12.1 Å². The zero-order valence-electron chi connectivity index (χ0n) is 10.1. The fourth-order valence-corrected chi connectivity index (χ4v) is 2.24. The second kappa shape index (κ2) is 3.94. The highest BCUT2D eigenvalue weighted by Gasteiger charge is 2.27. The molecule has 1 unspecified atom stereocenters. The molecule has 1 aliphatic rings. The summed E-state index contributed by atoms with van der Waals surface area (Å²) in [7, 11) is 1.24. The van der Waals surface area contributed by atoms with Gasteiger partial charge in [0.25, 0.3) is 11.1 Å². The maximum Gasteiger partial charge on any atom is 0.334 e. The number of methoxy groups -OCH3 is 1. The van der Waals surface area contributed by atoms with Crippen LogP contribution in [0.3, 0.4) is 0 Å². The average molecular weight is 258 g/mol. The molecule has 1 aliphatic heterocycles. The highest BCUT2D eigenvalue weighted by molar-refractivity contribution is 5.83. The van der Waals surface area contributed by atoms with Crippen LogP contribution in [0.15, 0.2) is 39.9 Å². The number of aromatic nitrogens is 2. The largest absolute Gasteiger partial charge is 0.467 e. The van der Waals surface area contributed by atoms with Crippen LogP contribution in [0.5, 0.6) is 0 Å². The number of nitrogens with zero attached hydrogens (tertiary/aromatic N) is 2. The van der Waals surface area contributed by atoms with Crippen LogP contribution in [0.4, 0.5) is 0 Å². The molecular weight excluding hydrogens is 248 g/mol. The number of rotatable bonds is 1. The molecule has 1 atom stereocenters. The standard InChI is InChI=1S/C13H10N2O4/c1-19-13(18)10-6-7-14-11(16)8-4-2-3-5-9(8)12(17)15(10)14/h2-7,10H,1H3. The van der Waals surface area contributed by atoms with Crippen molar-refractivity contribution in [3.05, 3.63) is 51.0 Å². The molecule has 6 heteroatoms. The van der Waals surface area contributed by atoms with Gasteiger partial charge in [-0.15, -0.1) is 0 Å². The third kappa shape index (κ3) is 1.46. The summed E-state index contributed by atoms with van der Waals surface area (Å²) in [6, 6.07) is 5.63. The minimum Gasteiger partial charge on any atom is -0.467 e. The zero-order valence-corrected chi connectivity index (χ0v) is 10.1. The fraction of sp³-hybridized carbons (Fsp3) is 0.154. The topological polar surface area (TPSA) is 70.3 Å². The van der Waals surface area contributed by atoms with Gasteiger partial charge < -0.3 is 4.74 Å². The van der Waals surface area contributed by atoms with Gasteiger partial charge in [0, 0.05) is 6.20 Å². The molecule has 6 nitrogen and oxygen atoms in total. The van der Waals surface area contributed by atoms with E-state index in [0.29, 0.717) is 10.8 Å². The van der Waals surface area contributed by atoms with E-state index in [1.165, 1.54) is 19.4 Å². The monoisotopic (exact) mass is 258 g/mol. The number of fused-ring (bicyclic) bond motifs is 2. The fourth-order valence-electron chi connectivity index (χ4n) is 2.24. The summed E-state index contributed by atoms with van der Waals surface area (Å²) < 4.78 is 6.89. The van der Waals surface area contributed by atoms with Crippen molar-refractivity contribution >= 4 is 22.9 Å². The molecule has 0 amide bonds. The van der Waals surface area contributed by atoms with E-state index >= 15 is 0 Å². The van der Waals surface area contributed by atoms with Crippen molar-refractivity contribution in [1.82, 2.24) is 9.36 Å². The van der Waals surface area contributed by atoms with E-state index in [1.54, 1.807) is 24.3 Å². The summed E-state index contributed by atoms with van der Waals surface area (Å²) in [5, 5.41) is 0.625. The third-order valence-electron chi connectivity index (χ3n) is 3.15. The van der Waals surface area contributed by atoms with Gasteiger partial charge in [0.05, 0.1) is 17.9 Å². The van der Waals surface area contributed by atoms with E-state index < -0.39 is 17.6 Å². The van der Waals surface area contributed by atoms with Crippen LogP contribution in [0.1, 0.15) is 6.04 Å². The first-order valence-corrected chi connectivity index (χ1v) is 5.67. The summed E-state index contributed by atoms with van der Waals surface area (Å²) in [6.45, 7) is 0. The van der Waals surface area contributed by atoms with E-state index in [2.05, 4.69) is 4.74 Å². The van der Waals surface area contributed by atoms with Crippen molar-refractivity contribution in [3.8, 4) is 0 Å². The zero-order chi connectivity index (χ0) is 13.6. The summed E-state index contributed by atoms with van der Waals surface area (Å²) in [4.78, 5) is 36.2. The highest BCUT2D eigenvalue weighted by Crippen LogP contribution is 2.16. The minimum atomic E-state index is -0.894. The number of hydrogen-bond donors (Lipinski definition) is 0. The normalized spacial score (nSPS) is 16.6. The second-order valence-corrected chi connectivity index (χ2v) is 4.15. The van der Waals surface area contributed by atoms with E-state index in [0.717, 1.165) is 9.36 Å². The van der Waals surface area contributed by atoms with Gasteiger partial charge in [0.1, 0.15) is 0 Å². The lowest BCUT2D eigenvalue weighted by Gasteiger charge is -2.13. The quantitative estimate of drug-likeness (QED) is 0.692. The molecule has 1 aromatic carbocycles. The Morgan fingerprint density at radius 3 is 2.42 bits per heavy atom. The van der Waals surface area contributed by atoms with Crippen molar-refractivity contribution in [1.29, 1.82) is 0 Å². The van der Waals surface area contributed by atoms with Gasteiger partial charge in [-0.2, -0.15) is 0 Å². The first-order chi connectivity index (χ1) is 9.15. The van der Waals surface area contributed by atoms with Gasteiger partial charge in [0.15, 0.2) is 6.04 Å². The Kier molecular flexibility index (Phi) is 2.38. The summed E-state index contributed by atoms with van der Waals surface area (Å²) in [6.07, 6.45) is 2.88. The molecule has 3 rings (SSSR count). The van der Waals surface area contributed by atoms with Crippen LogP contribution >= 0.6 is 0 Å². The highest BCUT2D eigenvalue weighted by atomic mass is 16.5. The van der Waals surface area contributed by atoms with Crippen LogP contribution in [-0.4, -0.2) is 22.4 Å². The van der Waals surface area contributed by atoms with Crippen molar-refractivity contribution in [2.45, 2.75) is 6.04 Å². The molecule has 0 aliphatic carbocycles. The SMILES string of the molecule is COC(=O)C1C=Cn2c(=O)c3ccccc3c(=O)n21. The van der Waals surface area contributed by atoms with Crippen molar-refractivity contribution in [2.75, 3.05) is 7.11 Å². The number of benzene rings is 1. The summed E-state index contributed by atoms with van der Waals surface area (Å²) in [5.74, 6) is -0.584. The van der Waals surface area contributed by atoms with Gasteiger partial charge in [0.2, 0.25) is 0 Å². The molecule has 0 saturated carbocycles. The Morgan fingerprint density at radius 2 is 1.79 bits per heavy atom. The van der Waals surface area contributed by atoms with Crippen LogP contribution in [0.2, 0.25) is 0 Å². The molecule has 96 valence electrons. The van der Waals surface area contributed by atoms with E-state index in [4.69, 9.17) is 0 Å². The predicted octanol–water partition coefficient (Wildman–Crippen LogP) is 0.362. The Balaban J connectivity index is 2.42. The van der Waals surface area contributed by atoms with Crippen LogP contribution in [0, 0.1) is 0 Å². The molecule has 0 saturated heterocycles. The predicted molar refractivity (Wildman–Crippen MR) is 68.9 cm³/mol. The van der Waals surface area contributed by atoms with Crippen LogP contribution in [-0.2, 0) is 9.53 Å². The van der Waals surface area contributed by atoms with Gasteiger partial charge >= 0.3 is 5.97 Å². The Bertz CT molecular complexity index is 829. The summed E-state index contributed by atoms with van der Waals surface area (Å²) >= 11 is 0. The van der Waals surface area contributed by atoms with Gasteiger partial charge in [-0.3, -0.25) is 9.59 Å². The second-order valence-electron chi connectivity index (χ2n) is 4.15. The lowest BCUT2D eigenvalue weighted by Crippen LogP contribution is -2.38. The van der Waals surface area contributed by atoms with E-state index in [1.807, 2.05) is 0 Å². The van der Waals surface area contributed by atoms with Gasteiger partial charge in [-0.25, -0.2) is 14.2 Å². The van der Waals surface area contributed by atoms with Crippen molar-refractivity contribution in [3.63, 3.8) is 0 Å². The van der Waals surface area contributed by atoms with Crippen molar-refractivity contribution < 1.29 is 9.53 Å². The lowest BCUT2D eigenvalue weighted by molar-refractivity contribution is -0.143. The Morgan fingerprint density at radius 1 is 1.16 bits per heavy atom. The molecule has 2 heterocycles. The third-order valence-corrected chi connectivity index (χ3v) is 3.15. The number of esters is 1. The Hall–Kier alpha value is -2.63. The molecule has 1 aromatic heterocycles. The van der Waals surface area contributed by atoms with Crippen LogP contribution in [0.25, 0.3) is 17.0 Å². The molecule has 0 bridgehead atoms. The summed E-state index contributed by atoms with van der Waals surface area (Å²) in [5.41, 5.74) is -0.728. The molecule has 19 heavy (non-hydrogen) atoms. The molecular formula is C13H10N2O4. The molecule has 0 fully saturated rings. The number of ether oxygens (including phenoxy) is 1. The number of carbonyl (C=O) groups excluding carboxylic acids is 1. The first kappa shape index (κ1) is 11.5. The number of carbonyl (C=O) groups is 1. The average Bonchev–Trinajstić information content (AvgIpc) is 2.89. The van der Waals surface area contributed by atoms with Gasteiger partial charge in [-0.05, 0) is 18.2 Å². The van der Waals surface area contributed by atoms with E-state index in [-0.39, 0.29) is 5.56 Å². The minimum absolute atomic E-state index is 0.293. The van der Waals surface area contributed by atoms with Crippen molar-refractivity contribution in [2.24, 2.45) is 0 Å². The molecule has 2 aromatic rings. The smallest absolute Gasteiger partial charge is 0.334 e. The van der Waals surface area contributed by atoms with E-state index in [9.17, 15) is 14.4 Å². The molecule has 0 spiro atoms. The molecule has 0 radical (unpaired) electrons. The number of hydrogen-bond acceptors (Lipinski definition) is 4. The Labute approximate surface area is 107 Å². The first-order valence-electron chi connectivity index (χ1n) is 5.67.